The Morgan fingerprint density at radius 2 is 0.731 bits per heavy atom. The van der Waals surface area contributed by atoms with Crippen LogP contribution in [0.3, 0.4) is 0 Å². The van der Waals surface area contributed by atoms with E-state index in [-0.39, 0.29) is 39.8 Å². The van der Waals surface area contributed by atoms with E-state index >= 15 is 0 Å². The van der Waals surface area contributed by atoms with E-state index in [0.717, 1.165) is 86.4 Å². The van der Waals surface area contributed by atoms with Crippen LogP contribution >= 0.6 is 0 Å². The summed E-state index contributed by atoms with van der Waals surface area (Å²) in [4.78, 5) is 0. The molecule has 2 aromatic carbocycles. The van der Waals surface area contributed by atoms with Gasteiger partial charge in [-0.15, -0.1) is 0 Å². The Bertz CT molecular complexity index is 2500. The van der Waals surface area contributed by atoms with E-state index in [1.165, 1.54) is 175 Å². The molecule has 7 aliphatic carbocycles. The molecule has 0 bridgehead atoms. The van der Waals surface area contributed by atoms with Crippen molar-refractivity contribution in [2.75, 3.05) is 0 Å². The van der Waals surface area contributed by atoms with E-state index in [1.54, 1.807) is 5.56 Å². The molecule has 0 saturated heterocycles. The third-order valence-corrected chi connectivity index (χ3v) is 26.0. The lowest BCUT2D eigenvalue weighted by Crippen LogP contribution is -2.45. The zero-order valence-corrected chi connectivity index (χ0v) is 69.2. The Hall–Kier alpha value is -1.56. The summed E-state index contributed by atoms with van der Waals surface area (Å²) in [7, 11) is 0. The lowest BCUT2D eigenvalue weighted by Gasteiger charge is -2.54. The second-order valence-electron chi connectivity index (χ2n) is 40.8. The van der Waals surface area contributed by atoms with Crippen LogP contribution in [-0.4, -0.2) is 0 Å². The van der Waals surface area contributed by atoms with Crippen LogP contribution in [0.25, 0.3) is 0 Å². The van der Waals surface area contributed by atoms with Crippen molar-refractivity contribution in [1.82, 2.24) is 0 Å². The molecule has 0 amide bonds. The molecule has 0 N–H and O–H groups in total. The Labute approximate surface area is 593 Å². The van der Waals surface area contributed by atoms with Gasteiger partial charge in [0.2, 0.25) is 0 Å². The standard InChI is InChI=1S/2C16H24.2C15H30.C13H26.2C9H18/c2*1-12-5-6-15(11-13(12)2)14-7-9-16(3,4)10-8-14;2*1-12(2)10-15(11-13(3)4)8-6-14(5)7-9-15;1-10-12(4,5)8-11(2,3)9-13(10,6)7;2*1-8-6-4-5-7-9(8,2)3/h2*5-6,11,14H,7-10H2,1-4H3;2*12-14H,6-11H2,1-5H3;10H,8-9H2,1-7H3;2*8H,4-7H2,1-3H3/t;;;;;2*8-/m.....10/s1/i14D;;14D;;10D;;8D. The van der Waals surface area contributed by atoms with Crippen molar-refractivity contribution in [2.45, 2.75) is 419 Å². The molecule has 0 spiro atoms. The van der Waals surface area contributed by atoms with Gasteiger partial charge < -0.3 is 0 Å². The Morgan fingerprint density at radius 3 is 1.08 bits per heavy atom. The molecule has 0 radical (unpaired) electrons. The third kappa shape index (κ3) is 30.4. The van der Waals surface area contributed by atoms with Gasteiger partial charge in [-0.2, -0.15) is 0 Å². The maximum atomic E-state index is 8.71. The molecular formula is C93H170. The number of aryl methyl sites for hydroxylation is 4. The fourth-order valence-electron chi connectivity index (χ4n) is 19.1. The van der Waals surface area contributed by atoms with Crippen LogP contribution in [0.5, 0.6) is 0 Å². The van der Waals surface area contributed by atoms with Gasteiger partial charge in [0.25, 0.3) is 0 Å². The largest absolute Gasteiger partial charge is 0.0628 e. The van der Waals surface area contributed by atoms with E-state index in [2.05, 4.69) is 251 Å². The molecule has 2 atom stereocenters. The third-order valence-electron chi connectivity index (χ3n) is 26.0. The molecule has 0 aromatic heterocycles. The second kappa shape index (κ2) is 37.2. The topological polar surface area (TPSA) is 0 Å². The molecule has 7 saturated carbocycles. The molecule has 0 unspecified atom stereocenters. The first-order chi connectivity index (χ1) is 44.0. The van der Waals surface area contributed by atoms with Crippen LogP contribution < -0.4 is 0 Å². The number of hydrogen-bond acceptors (Lipinski definition) is 0. The van der Waals surface area contributed by atoms with Gasteiger partial charge in [0, 0.05) is 5.48 Å². The molecule has 542 valence electrons. The van der Waals surface area contributed by atoms with Gasteiger partial charge in [-0.3, -0.25) is 0 Å². The van der Waals surface area contributed by atoms with Gasteiger partial charge >= 0.3 is 0 Å². The monoisotopic (exact) mass is 1290 g/mol. The van der Waals surface area contributed by atoms with E-state index in [0.29, 0.717) is 32.5 Å². The minimum absolute atomic E-state index is 0.109. The highest BCUT2D eigenvalue weighted by atomic mass is 14.5. The van der Waals surface area contributed by atoms with Crippen LogP contribution in [0.15, 0.2) is 36.4 Å². The van der Waals surface area contributed by atoms with Crippen LogP contribution in [0.1, 0.15) is 430 Å². The molecule has 0 aliphatic heterocycles. The highest BCUT2D eigenvalue weighted by Crippen LogP contribution is 2.57. The zero-order valence-electron chi connectivity index (χ0n) is 73.2. The molecule has 0 heterocycles. The van der Waals surface area contributed by atoms with Crippen LogP contribution in [0.4, 0.5) is 0 Å². The molecule has 93 heavy (non-hydrogen) atoms. The molecule has 9 rings (SSSR count). The summed E-state index contributed by atoms with van der Waals surface area (Å²) in [6.45, 7) is 71.2. The first kappa shape index (κ1) is 78.8. The van der Waals surface area contributed by atoms with Crippen molar-refractivity contribution < 1.29 is 5.48 Å². The zero-order chi connectivity index (χ0) is 74.5. The minimum atomic E-state index is -0.339. The Balaban J connectivity index is 0.000000297. The lowest BCUT2D eigenvalue weighted by molar-refractivity contribution is -0.0423. The predicted octanol–water partition coefficient (Wildman–Crippen LogP) is 31.5. The first-order valence-electron chi connectivity index (χ1n) is 42.1. The van der Waals surface area contributed by atoms with Gasteiger partial charge in [-0.1, -0.05) is 288 Å². The fraction of sp³-hybridized carbons (Fsp3) is 0.871. The summed E-state index contributed by atoms with van der Waals surface area (Å²) in [5.74, 6) is 5.11. The summed E-state index contributed by atoms with van der Waals surface area (Å²) in [5, 5.41) is 0. The average molecular weight is 1290 g/mol. The molecule has 2 aromatic rings. The molecule has 7 fully saturated rings. The molecular weight excluding hydrogens is 1120 g/mol. The van der Waals surface area contributed by atoms with Gasteiger partial charge in [-0.25, -0.2) is 0 Å². The first-order valence-corrected chi connectivity index (χ1v) is 40.1. The predicted molar refractivity (Wildman–Crippen MR) is 422 cm³/mol. The molecule has 7 aliphatic rings. The van der Waals surface area contributed by atoms with Crippen molar-refractivity contribution in [2.24, 2.45) is 102 Å². The second-order valence-corrected chi connectivity index (χ2v) is 40.8. The summed E-state index contributed by atoms with van der Waals surface area (Å²) in [6, 6.07) is 13.6. The average Bonchev–Trinajstić information content (AvgIpc) is 0.733. The van der Waals surface area contributed by atoms with Crippen LogP contribution in [0, 0.1) is 130 Å². The van der Waals surface area contributed by atoms with Gasteiger partial charge in [0.15, 0.2) is 0 Å². The summed E-state index contributed by atoms with van der Waals surface area (Å²) >= 11 is 0. The van der Waals surface area contributed by atoms with E-state index in [1.807, 2.05) is 0 Å². The number of rotatable bonds is 10. The van der Waals surface area contributed by atoms with E-state index < -0.39 is 0 Å². The Kier molecular flexibility index (Phi) is 31.5. The highest BCUT2D eigenvalue weighted by Gasteiger charge is 2.48. The molecule has 0 nitrogen and oxygen atoms in total. The normalized spacial score (nSPS) is 28.0. The number of hydrogen-bond donors (Lipinski definition) is 0. The maximum absolute atomic E-state index is 8.71. The Morgan fingerprint density at radius 1 is 0.366 bits per heavy atom. The summed E-state index contributed by atoms with van der Waals surface area (Å²) in [6.07, 6.45) is 39.2. The van der Waals surface area contributed by atoms with Gasteiger partial charge in [-0.05, 0) is 303 Å². The fourth-order valence-corrected chi connectivity index (χ4v) is 19.1. The lowest BCUT2D eigenvalue weighted by atomic mass is 9.51. The summed E-state index contributed by atoms with van der Waals surface area (Å²) < 4.78 is 33.5. The highest BCUT2D eigenvalue weighted by molar-refractivity contribution is 5.33. The summed E-state index contributed by atoms with van der Waals surface area (Å²) in [5.41, 5.74) is 12.1. The van der Waals surface area contributed by atoms with Crippen molar-refractivity contribution in [3.05, 3.63) is 69.8 Å². The van der Waals surface area contributed by atoms with Crippen molar-refractivity contribution in [3.8, 4) is 0 Å². The quantitative estimate of drug-likeness (QED) is 0.222. The van der Waals surface area contributed by atoms with Crippen molar-refractivity contribution >= 4 is 0 Å². The van der Waals surface area contributed by atoms with Crippen molar-refractivity contribution in [1.29, 1.82) is 0 Å². The maximum Gasteiger partial charge on any atom is 0.0352 e. The van der Waals surface area contributed by atoms with Gasteiger partial charge in [0.05, 0.1) is 0 Å². The minimum Gasteiger partial charge on any atom is -0.0628 e. The SMILES string of the molecule is CC(C)CC1(CC(C)C)CCC(C)CC1.C[C@@H]1CCCCC1(C)C.Cc1ccc(C2CCC(C)(C)CC2)cc1C.[2H]C1(C)C(C)(C)CC(C)(C)CC1(C)C.[2H]C1(C)CCC(CC(C)C)(CC(C)C)CC1.[2H]C1(c2ccc(C)c(C)c2)CCC(C)(C)CC1.[2H][C@]1(C)CCCCC1(C)C. The number of benzene rings is 2. The smallest absolute Gasteiger partial charge is 0.0352 e. The molecule has 0 heteroatoms. The van der Waals surface area contributed by atoms with Crippen LogP contribution in [-0.2, 0) is 0 Å². The van der Waals surface area contributed by atoms with Gasteiger partial charge in [0.1, 0.15) is 0 Å². The van der Waals surface area contributed by atoms with E-state index in [9.17, 15) is 0 Å². The van der Waals surface area contributed by atoms with E-state index in [4.69, 9.17) is 5.48 Å². The van der Waals surface area contributed by atoms with Crippen LogP contribution in [0.2, 0.25) is 0 Å². The van der Waals surface area contributed by atoms with Crippen molar-refractivity contribution in [3.63, 3.8) is 0 Å².